The van der Waals surface area contributed by atoms with Gasteiger partial charge in [0.15, 0.2) is 0 Å². The zero-order valence-electron chi connectivity index (χ0n) is 9.80. The monoisotopic (exact) mass is 245 g/mol. The average molecular weight is 245 g/mol. The Morgan fingerprint density at radius 1 is 1.18 bits per heavy atom. The molecule has 1 heterocycles. The summed E-state index contributed by atoms with van der Waals surface area (Å²) in [6, 6.07) is 12.0. The number of carbonyl (C=O) groups excluding carboxylic acids is 1. The summed E-state index contributed by atoms with van der Waals surface area (Å²) in [5.41, 5.74) is 2.26. The highest BCUT2D eigenvalue weighted by Gasteiger charge is 2.09. The summed E-state index contributed by atoms with van der Waals surface area (Å²) in [7, 11) is 1.85. The van der Waals surface area contributed by atoms with Crippen molar-refractivity contribution in [3.8, 4) is 0 Å². The third-order valence-corrected chi connectivity index (χ3v) is 3.36. The van der Waals surface area contributed by atoms with E-state index in [1.165, 1.54) is 0 Å². The summed E-state index contributed by atoms with van der Waals surface area (Å²) in [5.74, 6) is 0.159. The van der Waals surface area contributed by atoms with Gasteiger partial charge in [0.1, 0.15) is 0 Å². The number of nitrogens with zero attached hydrogens (tertiary/aromatic N) is 1. The number of benzene rings is 1. The molecule has 0 bridgehead atoms. The Morgan fingerprint density at radius 3 is 2.59 bits per heavy atom. The lowest BCUT2D eigenvalue weighted by molar-refractivity contribution is -0.129. The van der Waals surface area contributed by atoms with E-state index in [2.05, 4.69) is 0 Å². The second-order valence-corrected chi connectivity index (χ2v) is 4.82. The van der Waals surface area contributed by atoms with Crippen molar-refractivity contribution >= 4 is 17.2 Å². The Morgan fingerprint density at radius 2 is 1.94 bits per heavy atom. The fraction of sp³-hybridized carbons (Fsp3) is 0.214. The molecule has 1 aromatic carbocycles. The molecule has 1 aromatic heterocycles. The van der Waals surface area contributed by atoms with E-state index in [1.54, 1.807) is 16.2 Å². The molecule has 0 aliphatic rings. The molecular weight excluding hydrogens is 230 g/mol. The first kappa shape index (κ1) is 11.9. The van der Waals surface area contributed by atoms with E-state index in [0.29, 0.717) is 13.0 Å². The van der Waals surface area contributed by atoms with Crippen LogP contribution in [-0.2, 0) is 17.8 Å². The first-order chi connectivity index (χ1) is 8.25. The number of rotatable bonds is 4. The molecule has 0 N–H and O–H groups in total. The van der Waals surface area contributed by atoms with Crippen LogP contribution < -0.4 is 0 Å². The van der Waals surface area contributed by atoms with E-state index in [1.807, 2.05) is 54.2 Å². The lowest BCUT2D eigenvalue weighted by Crippen LogP contribution is -2.27. The van der Waals surface area contributed by atoms with Crippen LogP contribution in [0.15, 0.2) is 47.2 Å². The van der Waals surface area contributed by atoms with Crippen LogP contribution >= 0.6 is 11.3 Å². The Balaban J connectivity index is 1.92. The van der Waals surface area contributed by atoms with Crippen LogP contribution in [0.1, 0.15) is 11.1 Å². The van der Waals surface area contributed by atoms with Crippen LogP contribution in [0.2, 0.25) is 0 Å². The Hall–Kier alpha value is -1.61. The van der Waals surface area contributed by atoms with Crippen LogP contribution in [0.25, 0.3) is 0 Å². The highest BCUT2D eigenvalue weighted by molar-refractivity contribution is 7.07. The van der Waals surface area contributed by atoms with Crippen molar-refractivity contribution in [1.29, 1.82) is 0 Å². The second-order valence-electron chi connectivity index (χ2n) is 4.04. The Labute approximate surface area is 106 Å². The van der Waals surface area contributed by atoms with Crippen molar-refractivity contribution in [3.63, 3.8) is 0 Å². The molecule has 0 fully saturated rings. The van der Waals surface area contributed by atoms with Gasteiger partial charge in [-0.05, 0) is 28.0 Å². The van der Waals surface area contributed by atoms with Gasteiger partial charge in [-0.1, -0.05) is 30.3 Å². The third kappa shape index (κ3) is 3.43. The van der Waals surface area contributed by atoms with Gasteiger partial charge in [-0.3, -0.25) is 4.79 Å². The lowest BCUT2D eigenvalue weighted by atomic mass is 10.2. The summed E-state index contributed by atoms with van der Waals surface area (Å²) < 4.78 is 0. The van der Waals surface area contributed by atoms with Crippen molar-refractivity contribution in [2.75, 3.05) is 7.05 Å². The van der Waals surface area contributed by atoms with Gasteiger partial charge in [-0.15, -0.1) is 0 Å². The topological polar surface area (TPSA) is 20.3 Å². The summed E-state index contributed by atoms with van der Waals surface area (Å²) in [6.45, 7) is 0.670. The SMILES string of the molecule is CN(Cc1ccccc1)C(=O)Cc1ccsc1. The predicted molar refractivity (Wildman–Crippen MR) is 70.9 cm³/mol. The van der Waals surface area contributed by atoms with Gasteiger partial charge in [-0.2, -0.15) is 11.3 Å². The number of amides is 1. The number of hydrogen-bond donors (Lipinski definition) is 0. The molecule has 0 atom stereocenters. The van der Waals surface area contributed by atoms with E-state index < -0.39 is 0 Å². The Kier molecular flexibility index (Phi) is 3.94. The minimum absolute atomic E-state index is 0.159. The lowest BCUT2D eigenvalue weighted by Gasteiger charge is -2.16. The molecule has 17 heavy (non-hydrogen) atoms. The van der Waals surface area contributed by atoms with Gasteiger partial charge in [0.25, 0.3) is 0 Å². The fourth-order valence-electron chi connectivity index (χ4n) is 1.65. The summed E-state index contributed by atoms with van der Waals surface area (Å²) in [5, 5.41) is 4.02. The van der Waals surface area contributed by atoms with Crippen LogP contribution in [0.5, 0.6) is 0 Å². The van der Waals surface area contributed by atoms with Crippen molar-refractivity contribution < 1.29 is 4.79 Å². The predicted octanol–water partition coefficient (Wildman–Crippen LogP) is 2.95. The van der Waals surface area contributed by atoms with Crippen LogP contribution in [-0.4, -0.2) is 17.9 Å². The molecule has 0 unspecified atom stereocenters. The quantitative estimate of drug-likeness (QED) is 0.811. The minimum Gasteiger partial charge on any atom is -0.341 e. The van der Waals surface area contributed by atoms with E-state index in [9.17, 15) is 4.79 Å². The van der Waals surface area contributed by atoms with Crippen molar-refractivity contribution in [2.24, 2.45) is 0 Å². The first-order valence-corrected chi connectivity index (χ1v) is 6.49. The van der Waals surface area contributed by atoms with Gasteiger partial charge >= 0.3 is 0 Å². The van der Waals surface area contributed by atoms with Gasteiger partial charge < -0.3 is 4.90 Å². The summed E-state index contributed by atoms with van der Waals surface area (Å²) in [6.07, 6.45) is 0.493. The molecule has 0 radical (unpaired) electrons. The van der Waals surface area contributed by atoms with Crippen molar-refractivity contribution in [3.05, 3.63) is 58.3 Å². The van der Waals surface area contributed by atoms with Gasteiger partial charge in [0.05, 0.1) is 6.42 Å². The summed E-state index contributed by atoms with van der Waals surface area (Å²) in [4.78, 5) is 13.7. The van der Waals surface area contributed by atoms with E-state index in [-0.39, 0.29) is 5.91 Å². The molecule has 0 saturated carbocycles. The molecule has 2 nitrogen and oxygen atoms in total. The van der Waals surface area contributed by atoms with E-state index in [4.69, 9.17) is 0 Å². The van der Waals surface area contributed by atoms with E-state index in [0.717, 1.165) is 11.1 Å². The smallest absolute Gasteiger partial charge is 0.227 e. The molecule has 0 aliphatic carbocycles. The number of hydrogen-bond acceptors (Lipinski definition) is 2. The van der Waals surface area contributed by atoms with Crippen LogP contribution in [0.3, 0.4) is 0 Å². The first-order valence-electron chi connectivity index (χ1n) is 5.54. The second kappa shape index (κ2) is 5.64. The molecule has 1 amide bonds. The van der Waals surface area contributed by atoms with Crippen molar-refractivity contribution in [2.45, 2.75) is 13.0 Å². The maximum atomic E-state index is 11.9. The normalized spacial score (nSPS) is 10.2. The third-order valence-electron chi connectivity index (χ3n) is 2.62. The zero-order chi connectivity index (χ0) is 12.1. The molecular formula is C14H15NOS. The molecule has 2 aromatic rings. The molecule has 0 spiro atoms. The highest BCUT2D eigenvalue weighted by atomic mass is 32.1. The van der Waals surface area contributed by atoms with Crippen LogP contribution in [0, 0.1) is 0 Å². The molecule has 88 valence electrons. The zero-order valence-corrected chi connectivity index (χ0v) is 10.6. The van der Waals surface area contributed by atoms with Gasteiger partial charge in [-0.25, -0.2) is 0 Å². The summed E-state index contributed by atoms with van der Waals surface area (Å²) >= 11 is 1.63. The Bertz CT molecular complexity index is 464. The van der Waals surface area contributed by atoms with E-state index >= 15 is 0 Å². The minimum atomic E-state index is 0.159. The number of thiophene rings is 1. The number of carbonyl (C=O) groups is 1. The van der Waals surface area contributed by atoms with Crippen LogP contribution in [0.4, 0.5) is 0 Å². The maximum absolute atomic E-state index is 11.9. The van der Waals surface area contributed by atoms with Crippen molar-refractivity contribution in [1.82, 2.24) is 4.90 Å². The molecule has 3 heteroatoms. The molecule has 2 rings (SSSR count). The fourth-order valence-corrected chi connectivity index (χ4v) is 2.32. The highest BCUT2D eigenvalue weighted by Crippen LogP contribution is 2.09. The maximum Gasteiger partial charge on any atom is 0.227 e. The average Bonchev–Trinajstić information content (AvgIpc) is 2.83. The van der Waals surface area contributed by atoms with Gasteiger partial charge in [0.2, 0.25) is 5.91 Å². The van der Waals surface area contributed by atoms with Gasteiger partial charge in [0, 0.05) is 13.6 Å². The largest absolute Gasteiger partial charge is 0.341 e. The number of likely N-dealkylation sites (N-methyl/N-ethyl adjacent to an activating group) is 1. The molecule has 0 saturated heterocycles. The standard InChI is InChI=1S/C14H15NOS/c1-15(10-12-5-3-2-4-6-12)14(16)9-13-7-8-17-11-13/h2-8,11H,9-10H2,1H3. The molecule has 0 aliphatic heterocycles.